The molecule has 0 saturated carbocycles. The van der Waals surface area contributed by atoms with Crippen LogP contribution in [0.5, 0.6) is 11.5 Å². The smallest absolute Gasteiger partial charge is 0.122 e. The number of benzene rings is 2. The van der Waals surface area contributed by atoms with Gasteiger partial charge in [-0.1, -0.05) is 65.8 Å². The van der Waals surface area contributed by atoms with Gasteiger partial charge in [-0.25, -0.2) is 0 Å². The molecule has 0 bridgehead atoms. The Balaban J connectivity index is 2.59. The maximum absolute atomic E-state index is 10.6. The zero-order chi connectivity index (χ0) is 19.2. The molecule has 0 saturated heterocycles. The molecule has 0 heterocycles. The molecule has 2 aromatic carbocycles. The number of hydrogen-bond acceptors (Lipinski definition) is 2. The molecule has 2 aromatic rings. The van der Waals surface area contributed by atoms with Crippen LogP contribution in [0.15, 0.2) is 24.3 Å². The van der Waals surface area contributed by atoms with Gasteiger partial charge >= 0.3 is 0 Å². The Labute approximate surface area is 152 Å². The molecule has 0 aliphatic carbocycles. The Hall–Kier alpha value is -1.96. The van der Waals surface area contributed by atoms with Crippen molar-refractivity contribution in [1.82, 2.24) is 0 Å². The lowest BCUT2D eigenvalue weighted by molar-refractivity contribution is 0.439. The summed E-state index contributed by atoms with van der Waals surface area (Å²) in [7, 11) is 0. The molecule has 2 nitrogen and oxygen atoms in total. The van der Waals surface area contributed by atoms with Crippen LogP contribution < -0.4 is 0 Å². The second kappa shape index (κ2) is 6.40. The van der Waals surface area contributed by atoms with E-state index >= 15 is 0 Å². The molecule has 0 aliphatic rings. The van der Waals surface area contributed by atoms with E-state index in [1.807, 2.05) is 26.0 Å². The van der Waals surface area contributed by atoms with Gasteiger partial charge < -0.3 is 10.2 Å². The monoisotopic (exact) mass is 340 g/mol. The molecule has 0 fully saturated rings. The van der Waals surface area contributed by atoms with Crippen molar-refractivity contribution >= 4 is 0 Å². The van der Waals surface area contributed by atoms with Crippen LogP contribution in [-0.4, -0.2) is 10.2 Å². The van der Waals surface area contributed by atoms with E-state index in [4.69, 9.17) is 0 Å². The first-order valence-electron chi connectivity index (χ1n) is 8.97. The summed E-state index contributed by atoms with van der Waals surface area (Å²) < 4.78 is 0. The van der Waals surface area contributed by atoms with Crippen LogP contribution in [-0.2, 0) is 17.3 Å². The Bertz CT molecular complexity index is 787. The highest BCUT2D eigenvalue weighted by Crippen LogP contribution is 2.38. The van der Waals surface area contributed by atoms with Crippen molar-refractivity contribution in [1.29, 1.82) is 0 Å². The normalized spacial score (nSPS) is 12.5. The lowest BCUT2D eigenvalue weighted by Gasteiger charge is -2.26. The third kappa shape index (κ3) is 4.00. The highest BCUT2D eigenvalue weighted by Gasteiger charge is 2.24. The van der Waals surface area contributed by atoms with Crippen LogP contribution in [0, 0.1) is 13.8 Å². The summed E-state index contributed by atoms with van der Waals surface area (Å²) in [5, 5.41) is 21.1. The fraction of sp³-hybridized carbons (Fsp3) is 0.478. The lowest BCUT2D eigenvalue weighted by Crippen LogP contribution is -2.16. The zero-order valence-corrected chi connectivity index (χ0v) is 16.9. The fourth-order valence-electron chi connectivity index (χ4n) is 3.47. The van der Waals surface area contributed by atoms with Crippen molar-refractivity contribution in [2.75, 3.05) is 0 Å². The molecule has 2 N–H and O–H groups in total. The summed E-state index contributed by atoms with van der Waals surface area (Å²) >= 11 is 0. The van der Waals surface area contributed by atoms with Gasteiger partial charge in [0, 0.05) is 5.56 Å². The number of aryl methyl sites for hydroxylation is 2. The van der Waals surface area contributed by atoms with E-state index in [0.717, 1.165) is 39.8 Å². The summed E-state index contributed by atoms with van der Waals surface area (Å²) in [5.41, 5.74) is 5.83. The first-order chi connectivity index (χ1) is 11.3. The largest absolute Gasteiger partial charge is 0.507 e. The number of hydrogen-bond donors (Lipinski definition) is 2. The zero-order valence-electron chi connectivity index (χ0n) is 16.9. The van der Waals surface area contributed by atoms with Crippen molar-refractivity contribution in [3.63, 3.8) is 0 Å². The fourth-order valence-corrected chi connectivity index (χ4v) is 3.47. The summed E-state index contributed by atoms with van der Waals surface area (Å²) in [5.74, 6) is 0.788. The van der Waals surface area contributed by atoms with E-state index in [1.54, 1.807) is 0 Å². The van der Waals surface area contributed by atoms with Crippen molar-refractivity contribution in [3.05, 3.63) is 57.6 Å². The lowest BCUT2D eigenvalue weighted by atomic mass is 9.79. The number of rotatable bonds is 2. The van der Waals surface area contributed by atoms with Crippen LogP contribution in [0.25, 0.3) is 0 Å². The van der Waals surface area contributed by atoms with Crippen LogP contribution in [0.4, 0.5) is 0 Å². The van der Waals surface area contributed by atoms with Gasteiger partial charge in [-0.3, -0.25) is 0 Å². The molecule has 2 heteroatoms. The van der Waals surface area contributed by atoms with Gasteiger partial charge in [-0.05, 0) is 58.9 Å². The summed E-state index contributed by atoms with van der Waals surface area (Å²) in [6.45, 7) is 16.6. The van der Waals surface area contributed by atoms with Gasteiger partial charge in [0.1, 0.15) is 11.5 Å². The van der Waals surface area contributed by atoms with Crippen molar-refractivity contribution in [2.45, 2.75) is 72.6 Å². The van der Waals surface area contributed by atoms with Crippen LogP contribution in [0.3, 0.4) is 0 Å². The average Bonchev–Trinajstić information content (AvgIpc) is 2.44. The molecule has 136 valence electrons. The molecule has 2 rings (SSSR count). The van der Waals surface area contributed by atoms with Gasteiger partial charge in [0.05, 0.1) is 0 Å². The van der Waals surface area contributed by atoms with E-state index in [1.165, 1.54) is 0 Å². The molecule has 25 heavy (non-hydrogen) atoms. The number of aromatic hydroxyl groups is 2. The predicted octanol–water partition coefficient (Wildman–Crippen LogP) is 5.90. The minimum atomic E-state index is -0.135. The predicted molar refractivity (Wildman–Crippen MR) is 106 cm³/mol. The molecule has 0 atom stereocenters. The Morgan fingerprint density at radius 1 is 0.760 bits per heavy atom. The van der Waals surface area contributed by atoms with Gasteiger partial charge in [0.25, 0.3) is 0 Å². The molecule has 0 amide bonds. The molecule has 0 radical (unpaired) electrons. The maximum atomic E-state index is 10.6. The second-order valence-electron chi connectivity index (χ2n) is 9.25. The number of phenols is 2. The van der Waals surface area contributed by atoms with Crippen molar-refractivity contribution < 1.29 is 10.2 Å². The van der Waals surface area contributed by atoms with Gasteiger partial charge in [0.15, 0.2) is 0 Å². The van der Waals surface area contributed by atoms with Crippen LogP contribution in [0.2, 0.25) is 0 Å². The maximum Gasteiger partial charge on any atom is 0.122 e. The highest BCUT2D eigenvalue weighted by atomic mass is 16.3. The van der Waals surface area contributed by atoms with E-state index in [-0.39, 0.29) is 10.8 Å². The quantitative estimate of drug-likeness (QED) is 0.714. The topological polar surface area (TPSA) is 40.5 Å². The van der Waals surface area contributed by atoms with Crippen molar-refractivity contribution in [2.24, 2.45) is 0 Å². The molecule has 0 spiro atoms. The van der Waals surface area contributed by atoms with E-state index < -0.39 is 0 Å². The molecular weight excluding hydrogens is 308 g/mol. The SMILES string of the molecule is Cc1cc(Cc2ccc(C)c(O)c2C(C)(C)C)cc(C(C)(C)C)c1O. The van der Waals surface area contributed by atoms with Gasteiger partial charge in [-0.15, -0.1) is 0 Å². The van der Waals surface area contributed by atoms with Crippen molar-refractivity contribution in [3.8, 4) is 11.5 Å². The Morgan fingerprint density at radius 3 is 1.88 bits per heavy atom. The highest BCUT2D eigenvalue weighted by molar-refractivity contribution is 5.52. The van der Waals surface area contributed by atoms with E-state index in [0.29, 0.717) is 11.5 Å². The third-order valence-corrected chi connectivity index (χ3v) is 4.78. The molecular formula is C23H32O2. The number of phenolic OH excluding ortho intramolecular Hbond substituents is 2. The minimum absolute atomic E-state index is 0.118. The second-order valence-corrected chi connectivity index (χ2v) is 9.25. The van der Waals surface area contributed by atoms with E-state index in [9.17, 15) is 10.2 Å². The molecule has 0 aliphatic heterocycles. The van der Waals surface area contributed by atoms with Gasteiger partial charge in [-0.2, -0.15) is 0 Å². The van der Waals surface area contributed by atoms with Crippen LogP contribution in [0.1, 0.15) is 74.9 Å². The molecule has 0 unspecified atom stereocenters. The standard InChI is InChI=1S/C23H32O2/c1-14-9-10-17(19(21(14)25)23(6,7)8)12-16-11-15(2)20(24)18(13-16)22(3,4)5/h9-11,13,24-25H,12H2,1-8H3. The third-order valence-electron chi connectivity index (χ3n) is 4.78. The summed E-state index contributed by atoms with van der Waals surface area (Å²) in [6, 6.07) is 8.26. The average molecular weight is 341 g/mol. The van der Waals surface area contributed by atoms with Crippen LogP contribution >= 0.6 is 0 Å². The summed E-state index contributed by atoms with van der Waals surface area (Å²) in [6.07, 6.45) is 0.741. The summed E-state index contributed by atoms with van der Waals surface area (Å²) in [4.78, 5) is 0. The Kier molecular flexibility index (Phi) is 4.96. The first-order valence-corrected chi connectivity index (χ1v) is 8.97. The van der Waals surface area contributed by atoms with E-state index in [2.05, 4.69) is 53.7 Å². The Morgan fingerprint density at radius 2 is 1.36 bits per heavy atom. The van der Waals surface area contributed by atoms with Gasteiger partial charge in [0.2, 0.25) is 0 Å². The first kappa shape index (κ1) is 19.4. The minimum Gasteiger partial charge on any atom is -0.507 e. The molecule has 0 aromatic heterocycles.